The number of halogens is 3. The quantitative estimate of drug-likeness (QED) is 0.760. The molecule has 1 atom stereocenters. The number of nitrogens with one attached hydrogen (secondary N) is 1. The van der Waals surface area contributed by atoms with Gasteiger partial charge in [0.05, 0.1) is 20.3 Å². The summed E-state index contributed by atoms with van der Waals surface area (Å²) in [5, 5.41) is 2.73. The topological polar surface area (TPSA) is 60.0 Å². The Labute approximate surface area is 172 Å². The first-order chi connectivity index (χ1) is 14.2. The van der Waals surface area contributed by atoms with E-state index < -0.39 is 12.4 Å². The van der Waals surface area contributed by atoms with Crippen LogP contribution in [0.15, 0.2) is 36.4 Å². The summed E-state index contributed by atoms with van der Waals surface area (Å²) in [6.45, 7) is 3.06. The van der Waals surface area contributed by atoms with Gasteiger partial charge in [0.2, 0.25) is 5.91 Å². The van der Waals surface area contributed by atoms with E-state index in [2.05, 4.69) is 10.1 Å². The lowest BCUT2D eigenvalue weighted by Gasteiger charge is -2.33. The van der Waals surface area contributed by atoms with E-state index in [4.69, 9.17) is 9.47 Å². The van der Waals surface area contributed by atoms with Crippen molar-refractivity contribution in [3.8, 4) is 17.2 Å². The molecule has 0 radical (unpaired) electrons. The predicted molar refractivity (Wildman–Crippen MR) is 105 cm³/mol. The second kappa shape index (κ2) is 8.83. The summed E-state index contributed by atoms with van der Waals surface area (Å²) in [7, 11) is 3.17. The molecule has 0 saturated carbocycles. The molecule has 0 fully saturated rings. The van der Waals surface area contributed by atoms with Gasteiger partial charge in [0.1, 0.15) is 5.75 Å². The van der Waals surface area contributed by atoms with Gasteiger partial charge in [-0.2, -0.15) is 0 Å². The summed E-state index contributed by atoms with van der Waals surface area (Å²) in [6, 6.07) is 8.50. The van der Waals surface area contributed by atoms with Crippen LogP contribution in [-0.4, -0.2) is 44.0 Å². The van der Waals surface area contributed by atoms with Crippen LogP contribution in [0.1, 0.15) is 18.1 Å². The molecule has 162 valence electrons. The van der Waals surface area contributed by atoms with E-state index in [-0.39, 0.29) is 11.7 Å². The van der Waals surface area contributed by atoms with Crippen molar-refractivity contribution in [2.45, 2.75) is 32.3 Å². The van der Waals surface area contributed by atoms with Gasteiger partial charge in [0.25, 0.3) is 0 Å². The second-order valence-electron chi connectivity index (χ2n) is 6.93. The first-order valence-corrected chi connectivity index (χ1v) is 9.34. The number of amides is 1. The first kappa shape index (κ1) is 21.8. The van der Waals surface area contributed by atoms with Crippen LogP contribution < -0.4 is 19.5 Å². The fourth-order valence-corrected chi connectivity index (χ4v) is 3.39. The van der Waals surface area contributed by atoms with E-state index in [9.17, 15) is 18.0 Å². The van der Waals surface area contributed by atoms with Gasteiger partial charge in [-0.05, 0) is 60.9 Å². The molecule has 0 bridgehead atoms. The van der Waals surface area contributed by atoms with Crippen LogP contribution in [0, 0.1) is 0 Å². The lowest BCUT2D eigenvalue weighted by molar-refractivity contribution is -0.274. The molecule has 1 heterocycles. The van der Waals surface area contributed by atoms with Crippen LogP contribution >= 0.6 is 0 Å². The Balaban J connectivity index is 1.64. The molecule has 3 rings (SSSR count). The number of fused-ring (bicyclic) bond motifs is 1. The third kappa shape index (κ3) is 5.15. The number of nitrogens with zero attached hydrogens (tertiary/aromatic N) is 1. The minimum absolute atomic E-state index is 0.247. The number of carbonyl (C=O) groups is 1. The van der Waals surface area contributed by atoms with Crippen LogP contribution in [0.25, 0.3) is 0 Å². The van der Waals surface area contributed by atoms with Gasteiger partial charge in [-0.15, -0.1) is 13.2 Å². The summed E-state index contributed by atoms with van der Waals surface area (Å²) in [5.41, 5.74) is 2.61. The van der Waals surface area contributed by atoms with Gasteiger partial charge in [-0.3, -0.25) is 9.69 Å². The molecule has 0 aromatic heterocycles. The molecule has 30 heavy (non-hydrogen) atoms. The molecule has 2 aromatic rings. The maximum absolute atomic E-state index is 12.7. The van der Waals surface area contributed by atoms with Crippen LogP contribution in [0.4, 0.5) is 18.9 Å². The zero-order valence-electron chi connectivity index (χ0n) is 16.9. The molecular weight excluding hydrogens is 401 g/mol. The van der Waals surface area contributed by atoms with Crippen LogP contribution in [0.5, 0.6) is 17.2 Å². The second-order valence-corrected chi connectivity index (χ2v) is 6.93. The third-order valence-electron chi connectivity index (χ3n) is 5.03. The molecule has 0 aliphatic carbocycles. The van der Waals surface area contributed by atoms with Gasteiger partial charge < -0.3 is 19.5 Å². The Morgan fingerprint density at radius 3 is 2.23 bits per heavy atom. The molecule has 0 spiro atoms. The number of carbonyl (C=O) groups excluding carboxylic acids is 1. The average molecular weight is 424 g/mol. The van der Waals surface area contributed by atoms with Crippen molar-refractivity contribution in [3.05, 3.63) is 47.5 Å². The summed E-state index contributed by atoms with van der Waals surface area (Å²) < 4.78 is 51.3. The number of benzene rings is 2. The van der Waals surface area contributed by atoms with E-state index in [1.165, 1.54) is 12.1 Å². The van der Waals surface area contributed by atoms with Gasteiger partial charge in [-0.25, -0.2) is 0 Å². The molecule has 0 unspecified atom stereocenters. The number of hydrogen-bond acceptors (Lipinski definition) is 5. The van der Waals surface area contributed by atoms with Crippen molar-refractivity contribution in [3.63, 3.8) is 0 Å². The molecule has 6 nitrogen and oxygen atoms in total. The smallest absolute Gasteiger partial charge is 0.493 e. The summed E-state index contributed by atoms with van der Waals surface area (Å²) >= 11 is 0. The van der Waals surface area contributed by atoms with Gasteiger partial charge in [0, 0.05) is 18.8 Å². The van der Waals surface area contributed by atoms with E-state index in [1.54, 1.807) is 21.1 Å². The predicted octanol–water partition coefficient (Wildman–Crippen LogP) is 3.99. The Kier molecular flexibility index (Phi) is 6.40. The van der Waals surface area contributed by atoms with Gasteiger partial charge in [0.15, 0.2) is 11.5 Å². The molecular formula is C21H23F3N2O4. The SMILES string of the molecule is COc1cc2c(cc1OC)CN([C@@H](C)C(=O)Nc1ccc(OC(F)(F)F)cc1)CC2. The van der Waals surface area contributed by atoms with Crippen molar-refractivity contribution < 1.29 is 32.2 Å². The fraction of sp³-hybridized carbons (Fsp3) is 0.381. The molecule has 1 aliphatic rings. The number of hydrogen-bond donors (Lipinski definition) is 1. The highest BCUT2D eigenvalue weighted by molar-refractivity contribution is 5.94. The monoisotopic (exact) mass is 424 g/mol. The lowest BCUT2D eigenvalue weighted by Crippen LogP contribution is -2.44. The highest BCUT2D eigenvalue weighted by Crippen LogP contribution is 2.33. The van der Waals surface area contributed by atoms with Crippen LogP contribution in [-0.2, 0) is 17.8 Å². The highest BCUT2D eigenvalue weighted by atomic mass is 19.4. The molecule has 0 saturated heterocycles. The third-order valence-corrected chi connectivity index (χ3v) is 5.03. The normalized spacial score (nSPS) is 15.1. The van der Waals surface area contributed by atoms with Crippen LogP contribution in [0.3, 0.4) is 0 Å². The Bertz CT molecular complexity index is 900. The molecule has 1 N–H and O–H groups in total. The molecule has 1 aliphatic heterocycles. The minimum Gasteiger partial charge on any atom is -0.493 e. The van der Waals surface area contributed by atoms with Gasteiger partial charge in [-0.1, -0.05) is 0 Å². The maximum Gasteiger partial charge on any atom is 0.573 e. The molecule has 1 amide bonds. The van der Waals surface area contributed by atoms with Crippen molar-refractivity contribution in [2.75, 3.05) is 26.1 Å². The largest absolute Gasteiger partial charge is 0.573 e. The van der Waals surface area contributed by atoms with Gasteiger partial charge >= 0.3 is 6.36 Å². The maximum atomic E-state index is 12.7. The number of ether oxygens (including phenoxy) is 3. The minimum atomic E-state index is -4.75. The standard InChI is InChI=1S/C21H23F3N2O4/c1-13(20(27)25-16-4-6-17(7-5-16)30-21(22,23)24)26-9-8-14-10-18(28-2)19(29-3)11-15(14)12-26/h4-7,10-11,13H,8-9,12H2,1-3H3,(H,25,27)/t13-/m0/s1. The fourth-order valence-electron chi connectivity index (χ4n) is 3.39. The molecule has 2 aromatic carbocycles. The lowest BCUT2D eigenvalue weighted by atomic mass is 9.97. The first-order valence-electron chi connectivity index (χ1n) is 9.34. The number of alkyl halides is 3. The number of rotatable bonds is 6. The van der Waals surface area contributed by atoms with E-state index in [0.717, 1.165) is 29.7 Å². The zero-order valence-corrected chi connectivity index (χ0v) is 16.9. The summed E-state index contributed by atoms with van der Waals surface area (Å²) in [4.78, 5) is 14.7. The van der Waals surface area contributed by atoms with E-state index in [1.807, 2.05) is 17.0 Å². The Morgan fingerprint density at radius 1 is 1.07 bits per heavy atom. The Hall–Kier alpha value is -2.94. The van der Waals surface area contributed by atoms with E-state index in [0.29, 0.717) is 30.3 Å². The summed E-state index contributed by atoms with van der Waals surface area (Å²) in [5.74, 6) is 0.721. The van der Waals surface area contributed by atoms with E-state index >= 15 is 0 Å². The number of anilines is 1. The van der Waals surface area contributed by atoms with Crippen molar-refractivity contribution in [1.82, 2.24) is 4.90 Å². The van der Waals surface area contributed by atoms with Crippen molar-refractivity contribution >= 4 is 11.6 Å². The Morgan fingerprint density at radius 2 is 1.67 bits per heavy atom. The average Bonchev–Trinajstić information content (AvgIpc) is 2.72. The van der Waals surface area contributed by atoms with Crippen molar-refractivity contribution in [2.24, 2.45) is 0 Å². The zero-order chi connectivity index (χ0) is 21.9. The summed E-state index contributed by atoms with van der Waals surface area (Å²) in [6.07, 6.45) is -3.99. The highest BCUT2D eigenvalue weighted by Gasteiger charge is 2.31. The molecule has 9 heteroatoms. The van der Waals surface area contributed by atoms with Crippen LogP contribution in [0.2, 0.25) is 0 Å². The number of methoxy groups -OCH3 is 2. The van der Waals surface area contributed by atoms with Crippen molar-refractivity contribution in [1.29, 1.82) is 0 Å².